The lowest BCUT2D eigenvalue weighted by Crippen LogP contribution is -2.43. The van der Waals surface area contributed by atoms with Crippen LogP contribution in [0, 0.1) is 13.8 Å². The monoisotopic (exact) mass is 248 g/mol. The third-order valence-electron chi connectivity index (χ3n) is 3.31. The van der Waals surface area contributed by atoms with Crippen LogP contribution in [0.3, 0.4) is 0 Å². The summed E-state index contributed by atoms with van der Waals surface area (Å²) in [7, 11) is 0. The molecule has 2 N–H and O–H groups in total. The molecule has 1 aliphatic rings. The van der Waals surface area contributed by atoms with Gasteiger partial charge in [0.1, 0.15) is 0 Å². The Balaban J connectivity index is 1.92. The van der Waals surface area contributed by atoms with E-state index < -0.39 is 0 Å². The van der Waals surface area contributed by atoms with E-state index >= 15 is 0 Å². The van der Waals surface area contributed by atoms with E-state index in [1.165, 1.54) is 5.56 Å². The van der Waals surface area contributed by atoms with E-state index in [-0.39, 0.29) is 11.9 Å². The van der Waals surface area contributed by atoms with E-state index in [1.54, 1.807) is 0 Å². The molecule has 0 spiro atoms. The number of ether oxygens (including phenoxy) is 1. The van der Waals surface area contributed by atoms with Crippen LogP contribution in [0.25, 0.3) is 0 Å². The maximum Gasteiger partial charge on any atom is 0.226 e. The Labute approximate surface area is 108 Å². The molecule has 1 aromatic rings. The number of anilines is 1. The normalized spacial score (nSPS) is 19.6. The molecule has 1 heterocycles. The number of rotatable bonds is 3. The molecule has 1 unspecified atom stereocenters. The van der Waals surface area contributed by atoms with Crippen LogP contribution < -0.4 is 10.6 Å². The molecule has 4 heteroatoms. The fourth-order valence-electron chi connectivity index (χ4n) is 2.06. The molecular weight excluding hydrogens is 228 g/mol. The minimum atomic E-state index is 0.0340. The Morgan fingerprint density at radius 3 is 3.06 bits per heavy atom. The molecule has 0 radical (unpaired) electrons. The van der Waals surface area contributed by atoms with Crippen LogP contribution in [-0.2, 0) is 9.53 Å². The maximum absolute atomic E-state index is 11.9. The average molecular weight is 248 g/mol. The van der Waals surface area contributed by atoms with Crippen LogP contribution in [0.5, 0.6) is 0 Å². The van der Waals surface area contributed by atoms with Gasteiger partial charge in [0.2, 0.25) is 5.91 Å². The Morgan fingerprint density at radius 2 is 2.33 bits per heavy atom. The molecule has 0 aromatic heterocycles. The van der Waals surface area contributed by atoms with Crippen molar-refractivity contribution in [3.8, 4) is 0 Å². The summed E-state index contributed by atoms with van der Waals surface area (Å²) in [5.41, 5.74) is 3.21. The summed E-state index contributed by atoms with van der Waals surface area (Å²) < 4.78 is 5.33. The quantitative estimate of drug-likeness (QED) is 0.854. The van der Waals surface area contributed by atoms with E-state index in [1.807, 2.05) is 32.0 Å². The van der Waals surface area contributed by atoms with Gasteiger partial charge in [0.05, 0.1) is 13.2 Å². The second-order valence-corrected chi connectivity index (χ2v) is 4.73. The summed E-state index contributed by atoms with van der Waals surface area (Å²) in [6.45, 7) is 6.23. The number of hydrogen-bond acceptors (Lipinski definition) is 3. The second-order valence-electron chi connectivity index (χ2n) is 4.73. The molecule has 1 aromatic carbocycles. The highest BCUT2D eigenvalue weighted by Gasteiger charge is 2.17. The number of benzene rings is 1. The lowest BCUT2D eigenvalue weighted by Gasteiger charge is -2.23. The topological polar surface area (TPSA) is 50.4 Å². The van der Waals surface area contributed by atoms with E-state index in [0.29, 0.717) is 13.0 Å². The Kier molecular flexibility index (Phi) is 4.33. The van der Waals surface area contributed by atoms with Crippen molar-refractivity contribution in [3.63, 3.8) is 0 Å². The first-order valence-corrected chi connectivity index (χ1v) is 6.34. The van der Waals surface area contributed by atoms with Gasteiger partial charge >= 0.3 is 0 Å². The van der Waals surface area contributed by atoms with Gasteiger partial charge in [-0.3, -0.25) is 4.79 Å². The third kappa shape index (κ3) is 3.31. The summed E-state index contributed by atoms with van der Waals surface area (Å²) in [5, 5.41) is 6.24. The van der Waals surface area contributed by atoms with Gasteiger partial charge in [-0.2, -0.15) is 0 Å². The number of carbonyl (C=O) groups is 1. The van der Waals surface area contributed by atoms with Gasteiger partial charge in [0.15, 0.2) is 0 Å². The molecule has 0 aliphatic carbocycles. The van der Waals surface area contributed by atoms with Crippen LogP contribution in [-0.4, -0.2) is 31.7 Å². The van der Waals surface area contributed by atoms with Crippen molar-refractivity contribution in [1.29, 1.82) is 0 Å². The average Bonchev–Trinajstić information content (AvgIpc) is 2.36. The highest BCUT2D eigenvalue weighted by atomic mass is 16.5. The molecule has 1 saturated heterocycles. The largest absolute Gasteiger partial charge is 0.378 e. The van der Waals surface area contributed by atoms with Crippen molar-refractivity contribution in [2.45, 2.75) is 26.3 Å². The van der Waals surface area contributed by atoms with Gasteiger partial charge in [-0.1, -0.05) is 12.1 Å². The number of nitrogens with one attached hydrogen (secondary N) is 2. The Bertz CT molecular complexity index is 426. The molecule has 0 saturated carbocycles. The molecule has 4 nitrogen and oxygen atoms in total. The first kappa shape index (κ1) is 13.1. The zero-order valence-electron chi connectivity index (χ0n) is 11.0. The van der Waals surface area contributed by atoms with E-state index in [9.17, 15) is 4.79 Å². The summed E-state index contributed by atoms with van der Waals surface area (Å²) in [4.78, 5) is 11.9. The zero-order valence-corrected chi connectivity index (χ0v) is 11.0. The number of amides is 1. The van der Waals surface area contributed by atoms with Gasteiger partial charge in [-0.15, -0.1) is 0 Å². The van der Waals surface area contributed by atoms with Crippen molar-refractivity contribution in [1.82, 2.24) is 5.32 Å². The highest BCUT2D eigenvalue weighted by Crippen LogP contribution is 2.18. The zero-order chi connectivity index (χ0) is 13.0. The van der Waals surface area contributed by atoms with Crippen molar-refractivity contribution in [2.24, 2.45) is 0 Å². The van der Waals surface area contributed by atoms with E-state index in [4.69, 9.17) is 4.74 Å². The molecule has 98 valence electrons. The van der Waals surface area contributed by atoms with Crippen molar-refractivity contribution in [2.75, 3.05) is 25.1 Å². The van der Waals surface area contributed by atoms with Crippen LogP contribution in [0.1, 0.15) is 17.5 Å². The SMILES string of the molecule is Cc1cccc(NC(=O)CC2COCCN2)c1C. The summed E-state index contributed by atoms with van der Waals surface area (Å²) in [6.07, 6.45) is 0.452. The molecular formula is C14H20N2O2. The molecule has 2 rings (SSSR count). The predicted molar refractivity (Wildman–Crippen MR) is 71.8 cm³/mol. The second kappa shape index (κ2) is 5.98. The van der Waals surface area contributed by atoms with Crippen LogP contribution >= 0.6 is 0 Å². The smallest absolute Gasteiger partial charge is 0.226 e. The molecule has 1 atom stereocenters. The van der Waals surface area contributed by atoms with Gasteiger partial charge in [0.25, 0.3) is 0 Å². The summed E-state index contributed by atoms with van der Waals surface area (Å²) in [6, 6.07) is 6.07. The lowest BCUT2D eigenvalue weighted by molar-refractivity contribution is -0.117. The minimum Gasteiger partial charge on any atom is -0.378 e. The van der Waals surface area contributed by atoms with E-state index in [2.05, 4.69) is 10.6 Å². The molecule has 1 amide bonds. The first-order valence-electron chi connectivity index (χ1n) is 6.34. The lowest BCUT2D eigenvalue weighted by atomic mass is 10.1. The molecule has 18 heavy (non-hydrogen) atoms. The standard InChI is InChI=1S/C14H20N2O2/c1-10-4-3-5-13(11(10)2)16-14(17)8-12-9-18-7-6-15-12/h3-5,12,15H,6-9H2,1-2H3,(H,16,17). The minimum absolute atomic E-state index is 0.0340. The fraction of sp³-hybridized carbons (Fsp3) is 0.500. The number of morpholine rings is 1. The van der Waals surface area contributed by atoms with Crippen LogP contribution in [0.2, 0.25) is 0 Å². The number of carbonyl (C=O) groups excluding carboxylic acids is 1. The van der Waals surface area contributed by atoms with Crippen molar-refractivity contribution >= 4 is 11.6 Å². The Morgan fingerprint density at radius 1 is 1.50 bits per heavy atom. The predicted octanol–water partition coefficient (Wildman–Crippen LogP) is 1.62. The highest BCUT2D eigenvalue weighted by molar-refractivity contribution is 5.92. The number of aryl methyl sites for hydroxylation is 1. The fourth-order valence-corrected chi connectivity index (χ4v) is 2.06. The van der Waals surface area contributed by atoms with Gasteiger partial charge in [-0.05, 0) is 31.0 Å². The summed E-state index contributed by atoms with van der Waals surface area (Å²) >= 11 is 0. The maximum atomic E-state index is 11.9. The molecule has 0 bridgehead atoms. The van der Waals surface area contributed by atoms with Crippen molar-refractivity contribution < 1.29 is 9.53 Å². The van der Waals surface area contributed by atoms with Gasteiger partial charge in [0, 0.05) is 24.7 Å². The first-order chi connectivity index (χ1) is 8.66. The van der Waals surface area contributed by atoms with Crippen LogP contribution in [0.4, 0.5) is 5.69 Å². The van der Waals surface area contributed by atoms with E-state index in [0.717, 1.165) is 24.4 Å². The van der Waals surface area contributed by atoms with Crippen molar-refractivity contribution in [3.05, 3.63) is 29.3 Å². The molecule has 1 aliphatic heterocycles. The Hall–Kier alpha value is -1.39. The van der Waals surface area contributed by atoms with Gasteiger partial charge < -0.3 is 15.4 Å². The van der Waals surface area contributed by atoms with Crippen LogP contribution in [0.15, 0.2) is 18.2 Å². The molecule has 1 fully saturated rings. The summed E-state index contributed by atoms with van der Waals surface area (Å²) in [5.74, 6) is 0.0340. The van der Waals surface area contributed by atoms with Gasteiger partial charge in [-0.25, -0.2) is 0 Å². The number of hydrogen-bond donors (Lipinski definition) is 2. The third-order valence-corrected chi connectivity index (χ3v) is 3.31.